The molecular formula is C21H20N4O3. The second-order valence-corrected chi connectivity index (χ2v) is 6.73. The third kappa shape index (κ3) is 4.03. The van der Waals surface area contributed by atoms with E-state index < -0.39 is 0 Å². The number of hydrogen-bond acceptors (Lipinski definition) is 4. The van der Waals surface area contributed by atoms with Gasteiger partial charge in [-0.05, 0) is 44.0 Å². The average molecular weight is 376 g/mol. The fourth-order valence-electron chi connectivity index (χ4n) is 2.84. The van der Waals surface area contributed by atoms with Crippen LogP contribution in [0.2, 0.25) is 0 Å². The molecular weight excluding hydrogens is 356 g/mol. The quantitative estimate of drug-likeness (QED) is 0.622. The van der Waals surface area contributed by atoms with Crippen molar-refractivity contribution in [1.29, 1.82) is 0 Å². The maximum atomic E-state index is 12.8. The van der Waals surface area contributed by atoms with Crippen LogP contribution >= 0.6 is 0 Å². The molecule has 1 saturated carbocycles. The van der Waals surface area contributed by atoms with Crippen LogP contribution in [0.4, 0.5) is 16.2 Å². The van der Waals surface area contributed by atoms with Gasteiger partial charge in [0.15, 0.2) is 0 Å². The lowest BCUT2D eigenvalue weighted by Crippen LogP contribution is -2.30. The summed E-state index contributed by atoms with van der Waals surface area (Å²) in [7, 11) is 0. The highest BCUT2D eigenvalue weighted by Gasteiger charge is 2.23. The van der Waals surface area contributed by atoms with E-state index in [0.717, 1.165) is 18.4 Å². The van der Waals surface area contributed by atoms with Crippen molar-refractivity contribution < 1.29 is 14.1 Å². The number of aromatic nitrogens is 1. The van der Waals surface area contributed by atoms with Crippen molar-refractivity contribution >= 4 is 23.3 Å². The Bertz CT molecular complexity index is 992. The van der Waals surface area contributed by atoms with E-state index in [1.807, 2.05) is 30.3 Å². The molecule has 0 aliphatic heterocycles. The normalized spacial score (nSPS) is 13.0. The Balaban J connectivity index is 1.45. The van der Waals surface area contributed by atoms with Gasteiger partial charge >= 0.3 is 6.03 Å². The molecule has 0 spiro atoms. The molecule has 4 rings (SSSR count). The number of carbonyl (C=O) groups excluding carboxylic acids is 2. The second-order valence-electron chi connectivity index (χ2n) is 6.73. The summed E-state index contributed by atoms with van der Waals surface area (Å²) in [5.41, 5.74) is 2.98. The largest absolute Gasteiger partial charge is 0.360 e. The minimum absolute atomic E-state index is 0.216. The summed E-state index contributed by atoms with van der Waals surface area (Å²) in [5.74, 6) is 0.149. The van der Waals surface area contributed by atoms with E-state index in [4.69, 9.17) is 4.52 Å². The van der Waals surface area contributed by atoms with Crippen molar-refractivity contribution in [1.82, 2.24) is 10.5 Å². The molecule has 2 aromatic carbocycles. The van der Waals surface area contributed by atoms with Crippen LogP contribution in [0.5, 0.6) is 0 Å². The van der Waals surface area contributed by atoms with E-state index in [1.165, 1.54) is 0 Å². The molecule has 142 valence electrons. The zero-order chi connectivity index (χ0) is 19.5. The fraction of sp³-hybridized carbons (Fsp3) is 0.190. The van der Waals surface area contributed by atoms with Crippen molar-refractivity contribution in [3.05, 3.63) is 65.9 Å². The topological polar surface area (TPSA) is 96.3 Å². The van der Waals surface area contributed by atoms with Gasteiger partial charge in [0, 0.05) is 23.0 Å². The number of benzene rings is 2. The highest BCUT2D eigenvalue weighted by molar-refractivity contribution is 6.08. The zero-order valence-electron chi connectivity index (χ0n) is 15.4. The van der Waals surface area contributed by atoms with Gasteiger partial charge in [0.05, 0.1) is 0 Å². The molecule has 1 heterocycles. The maximum absolute atomic E-state index is 12.8. The number of urea groups is 1. The van der Waals surface area contributed by atoms with Crippen LogP contribution in [0.3, 0.4) is 0 Å². The van der Waals surface area contributed by atoms with Crippen molar-refractivity contribution in [2.24, 2.45) is 0 Å². The van der Waals surface area contributed by atoms with Crippen molar-refractivity contribution in [3.8, 4) is 11.3 Å². The summed E-state index contributed by atoms with van der Waals surface area (Å²) in [6.07, 6.45) is 2.07. The van der Waals surface area contributed by atoms with Gasteiger partial charge in [-0.25, -0.2) is 4.79 Å². The van der Waals surface area contributed by atoms with Crippen molar-refractivity contribution in [3.63, 3.8) is 0 Å². The molecule has 0 atom stereocenters. The summed E-state index contributed by atoms with van der Waals surface area (Å²) in [5, 5.41) is 12.5. The number of anilines is 2. The van der Waals surface area contributed by atoms with E-state index in [0.29, 0.717) is 34.4 Å². The Morgan fingerprint density at radius 2 is 1.61 bits per heavy atom. The first-order valence-electron chi connectivity index (χ1n) is 9.11. The van der Waals surface area contributed by atoms with Crippen LogP contribution < -0.4 is 16.0 Å². The second kappa shape index (κ2) is 7.56. The van der Waals surface area contributed by atoms with Crippen LogP contribution in [0.1, 0.15) is 29.0 Å². The number of carbonyl (C=O) groups is 2. The lowest BCUT2D eigenvalue weighted by Gasteiger charge is -2.09. The van der Waals surface area contributed by atoms with Gasteiger partial charge in [0.2, 0.25) is 0 Å². The summed E-state index contributed by atoms with van der Waals surface area (Å²) >= 11 is 0. The molecule has 0 unspecified atom stereocenters. The van der Waals surface area contributed by atoms with Crippen LogP contribution in [-0.2, 0) is 0 Å². The van der Waals surface area contributed by atoms with Gasteiger partial charge in [-0.2, -0.15) is 0 Å². The predicted molar refractivity (Wildman–Crippen MR) is 106 cm³/mol. The van der Waals surface area contributed by atoms with Gasteiger partial charge in [-0.15, -0.1) is 0 Å². The van der Waals surface area contributed by atoms with Gasteiger partial charge < -0.3 is 20.5 Å². The summed E-state index contributed by atoms with van der Waals surface area (Å²) < 4.78 is 5.24. The van der Waals surface area contributed by atoms with Crippen LogP contribution in [-0.4, -0.2) is 23.1 Å². The standard InChI is InChI=1S/C21H20N4O3/c1-13-18(19(25-28-13)14-5-3-2-4-6-14)20(26)22-15-7-9-16(10-8-15)23-21(27)24-17-11-12-17/h2-10,17H,11-12H2,1H3,(H,22,26)(H2,23,24,27). The highest BCUT2D eigenvalue weighted by atomic mass is 16.5. The van der Waals surface area contributed by atoms with Crippen molar-refractivity contribution in [2.75, 3.05) is 10.6 Å². The first-order valence-corrected chi connectivity index (χ1v) is 9.11. The minimum Gasteiger partial charge on any atom is -0.360 e. The fourth-order valence-corrected chi connectivity index (χ4v) is 2.84. The highest BCUT2D eigenvalue weighted by Crippen LogP contribution is 2.26. The Morgan fingerprint density at radius 3 is 2.25 bits per heavy atom. The van der Waals surface area contributed by atoms with E-state index in [1.54, 1.807) is 31.2 Å². The molecule has 3 aromatic rings. The summed E-state index contributed by atoms with van der Waals surface area (Å²) in [6.45, 7) is 1.71. The first-order chi connectivity index (χ1) is 13.6. The molecule has 3 N–H and O–H groups in total. The number of amides is 3. The van der Waals surface area contributed by atoms with Crippen LogP contribution in [0.15, 0.2) is 59.1 Å². The van der Waals surface area contributed by atoms with E-state index in [9.17, 15) is 9.59 Å². The lowest BCUT2D eigenvalue weighted by molar-refractivity contribution is 0.102. The summed E-state index contributed by atoms with van der Waals surface area (Å²) in [4.78, 5) is 24.6. The Kier molecular flexibility index (Phi) is 4.80. The smallest absolute Gasteiger partial charge is 0.319 e. The number of nitrogens with zero attached hydrogens (tertiary/aromatic N) is 1. The molecule has 0 bridgehead atoms. The summed E-state index contributed by atoms with van der Waals surface area (Å²) in [6, 6.07) is 16.4. The molecule has 1 aliphatic carbocycles. The molecule has 0 radical (unpaired) electrons. The number of hydrogen-bond donors (Lipinski definition) is 3. The minimum atomic E-state index is -0.301. The van der Waals surface area contributed by atoms with E-state index >= 15 is 0 Å². The van der Waals surface area contributed by atoms with E-state index in [-0.39, 0.29) is 11.9 Å². The first kappa shape index (κ1) is 17.8. The Labute approximate surface area is 162 Å². The molecule has 7 nitrogen and oxygen atoms in total. The van der Waals surface area contributed by atoms with E-state index in [2.05, 4.69) is 21.1 Å². The third-order valence-corrected chi connectivity index (χ3v) is 4.45. The Morgan fingerprint density at radius 1 is 0.964 bits per heavy atom. The SMILES string of the molecule is Cc1onc(-c2ccccc2)c1C(=O)Nc1ccc(NC(=O)NC2CC2)cc1. The van der Waals surface area contributed by atoms with Crippen LogP contribution in [0.25, 0.3) is 11.3 Å². The molecule has 3 amide bonds. The number of rotatable bonds is 5. The molecule has 0 saturated heterocycles. The number of aryl methyl sites for hydroxylation is 1. The molecule has 7 heteroatoms. The maximum Gasteiger partial charge on any atom is 0.319 e. The van der Waals surface area contributed by atoms with Crippen LogP contribution in [0, 0.1) is 6.92 Å². The van der Waals surface area contributed by atoms with Gasteiger partial charge in [-0.3, -0.25) is 4.79 Å². The van der Waals surface area contributed by atoms with Crippen molar-refractivity contribution in [2.45, 2.75) is 25.8 Å². The third-order valence-electron chi connectivity index (χ3n) is 4.45. The zero-order valence-corrected chi connectivity index (χ0v) is 15.4. The predicted octanol–water partition coefficient (Wildman–Crippen LogP) is 4.19. The lowest BCUT2D eigenvalue weighted by atomic mass is 10.1. The van der Waals surface area contributed by atoms with Gasteiger partial charge in [-0.1, -0.05) is 35.5 Å². The molecule has 1 aliphatic rings. The van der Waals surface area contributed by atoms with Gasteiger partial charge in [0.1, 0.15) is 17.0 Å². The number of nitrogens with one attached hydrogen (secondary N) is 3. The molecule has 1 aromatic heterocycles. The molecule has 1 fully saturated rings. The molecule has 28 heavy (non-hydrogen) atoms. The average Bonchev–Trinajstić information content (AvgIpc) is 3.42. The Hall–Kier alpha value is -3.61. The monoisotopic (exact) mass is 376 g/mol. The van der Waals surface area contributed by atoms with Gasteiger partial charge in [0.25, 0.3) is 5.91 Å².